The fourth-order valence-corrected chi connectivity index (χ4v) is 9.92. The van der Waals surface area contributed by atoms with Crippen molar-refractivity contribution in [3.8, 4) is 68.9 Å². The lowest BCUT2D eigenvalue weighted by molar-refractivity contribution is 1.17. The Hall–Kier alpha value is -10.9. The minimum Gasteiger partial charge on any atom is -0.310 e. The van der Waals surface area contributed by atoms with E-state index in [1.807, 2.05) is 91.0 Å². The Labute approximate surface area is 434 Å². The quantitative estimate of drug-likeness (QED) is 0.127. The fourth-order valence-electron chi connectivity index (χ4n) is 9.92. The third-order valence-electron chi connectivity index (χ3n) is 13.4. The molecule has 8 nitrogen and oxygen atoms in total. The zero-order chi connectivity index (χ0) is 50.7. The Morgan fingerprint density at radius 2 is 0.760 bits per heavy atom. The molecule has 0 unspecified atom stereocenters. The number of nitriles is 3. The largest absolute Gasteiger partial charge is 0.310 e. The summed E-state index contributed by atoms with van der Waals surface area (Å²) < 4.78 is 2.22. The van der Waals surface area contributed by atoms with Crippen LogP contribution in [0.3, 0.4) is 0 Å². The lowest BCUT2D eigenvalue weighted by atomic mass is 9.99. The van der Waals surface area contributed by atoms with Gasteiger partial charge in [0.25, 0.3) is 0 Å². The number of para-hydroxylation sites is 4. The first-order chi connectivity index (χ1) is 37.0. The first-order valence-electron chi connectivity index (χ1n) is 24.5. The van der Waals surface area contributed by atoms with Crippen LogP contribution in [-0.2, 0) is 0 Å². The molecule has 0 N–H and O–H groups in total. The smallest absolute Gasteiger partial charge is 0.160 e. The Morgan fingerprint density at radius 3 is 1.24 bits per heavy atom. The Morgan fingerprint density at radius 1 is 0.320 bits per heavy atom. The number of nitrogens with zero attached hydrogens (tertiary/aromatic N) is 8. The molecule has 0 fully saturated rings. The van der Waals surface area contributed by atoms with E-state index < -0.39 is 0 Å². The van der Waals surface area contributed by atoms with Gasteiger partial charge in [-0.05, 0) is 139 Å². The molecule has 0 spiro atoms. The van der Waals surface area contributed by atoms with Gasteiger partial charge in [0.15, 0.2) is 5.82 Å². The minimum atomic E-state index is 0.465. The summed E-state index contributed by atoms with van der Waals surface area (Å²) in [4.78, 5) is 14.5. The van der Waals surface area contributed by atoms with Gasteiger partial charge in [-0.25, -0.2) is 9.97 Å². The van der Waals surface area contributed by atoms with Crippen LogP contribution in [-0.4, -0.2) is 14.5 Å². The van der Waals surface area contributed by atoms with Gasteiger partial charge < -0.3 is 14.4 Å². The molecule has 8 heteroatoms. The van der Waals surface area contributed by atoms with Crippen molar-refractivity contribution in [1.82, 2.24) is 14.5 Å². The van der Waals surface area contributed by atoms with Crippen LogP contribution >= 0.6 is 0 Å². The maximum Gasteiger partial charge on any atom is 0.160 e. The predicted molar refractivity (Wildman–Crippen MR) is 302 cm³/mol. The highest BCUT2D eigenvalue weighted by atomic mass is 15.1. The number of hydrogen-bond donors (Lipinski definition) is 0. The van der Waals surface area contributed by atoms with Crippen molar-refractivity contribution >= 4 is 55.9 Å². The molecule has 10 aromatic carbocycles. The SMILES string of the molecule is N#Cc1cccc(-c2cc(-c3ccc(-c4ccc(-n5c6ccc(N(c7ccccc7)c7ccccc7)cc6c6cc(N(c7ccccc7)c7ccccc7)ccc65)c(C#N)c4)cc3)nc(-c3cccc(C#N)c3)n2)c1. The second kappa shape index (κ2) is 19.7. The summed E-state index contributed by atoms with van der Waals surface area (Å²) in [5, 5.41) is 32.5. The van der Waals surface area contributed by atoms with E-state index in [1.165, 1.54) is 0 Å². The summed E-state index contributed by atoms with van der Waals surface area (Å²) in [5.41, 5.74) is 15.9. The molecule has 0 saturated carbocycles. The topological polar surface area (TPSA) is 109 Å². The maximum atomic E-state index is 11.0. The molecule has 0 aliphatic rings. The van der Waals surface area contributed by atoms with E-state index in [4.69, 9.17) is 9.97 Å². The number of rotatable bonds is 11. The molecule has 0 atom stereocenters. The zero-order valence-corrected chi connectivity index (χ0v) is 40.3. The molecule has 0 radical (unpaired) electrons. The van der Waals surface area contributed by atoms with Gasteiger partial charge in [-0.1, -0.05) is 127 Å². The van der Waals surface area contributed by atoms with E-state index in [2.05, 4.69) is 178 Å². The molecule has 12 rings (SSSR count). The van der Waals surface area contributed by atoms with E-state index >= 15 is 0 Å². The fraction of sp³-hybridized carbons (Fsp3) is 0. The number of fused-ring (bicyclic) bond motifs is 3. The van der Waals surface area contributed by atoms with Crippen molar-refractivity contribution in [3.05, 3.63) is 271 Å². The molecule has 0 bridgehead atoms. The van der Waals surface area contributed by atoms with Crippen LogP contribution in [0.25, 0.3) is 72.5 Å². The lowest BCUT2D eigenvalue weighted by Gasteiger charge is -2.26. The average Bonchev–Trinajstić information content (AvgIpc) is 3.81. The first kappa shape index (κ1) is 45.3. The lowest BCUT2D eigenvalue weighted by Crippen LogP contribution is -2.09. The number of aromatic nitrogens is 3. The Balaban J connectivity index is 0.977. The monoisotopic (exact) mass is 958 g/mol. The summed E-state index contributed by atoms with van der Waals surface area (Å²) in [5.74, 6) is 0.465. The number of benzene rings is 10. The van der Waals surface area contributed by atoms with Crippen LogP contribution in [0.5, 0.6) is 0 Å². The highest BCUT2D eigenvalue weighted by molar-refractivity contribution is 6.12. The van der Waals surface area contributed by atoms with Crippen LogP contribution in [0.4, 0.5) is 34.1 Å². The standard InChI is InChI=1S/C67H42N8/c68-43-46-15-13-17-51(37-46)63-42-62(71-67(72-63)52-18-14-16-47(38-52)44-69)49-29-27-48(28-30-49)50-31-34-64(53(39-50)45-70)75-65-35-32-58(73(54-19-5-1-6-20-54)55-21-7-2-8-22-55)40-60(65)61-41-59(33-36-66(61)75)74(56-23-9-3-10-24-56)57-25-11-4-12-26-57/h1-42H. The second-order valence-electron chi connectivity index (χ2n) is 18.0. The third kappa shape index (κ3) is 8.76. The van der Waals surface area contributed by atoms with Gasteiger partial charge in [0, 0.05) is 61.6 Å². The van der Waals surface area contributed by atoms with Gasteiger partial charge in [0.05, 0.1) is 56.9 Å². The molecule has 0 aliphatic carbocycles. The second-order valence-corrected chi connectivity index (χ2v) is 18.0. The van der Waals surface area contributed by atoms with E-state index in [1.54, 1.807) is 18.2 Å². The van der Waals surface area contributed by atoms with Gasteiger partial charge in [0.2, 0.25) is 0 Å². The van der Waals surface area contributed by atoms with Crippen molar-refractivity contribution in [3.63, 3.8) is 0 Å². The summed E-state index contributed by atoms with van der Waals surface area (Å²) in [6.45, 7) is 0. The van der Waals surface area contributed by atoms with Crippen LogP contribution in [0.1, 0.15) is 16.7 Å². The maximum absolute atomic E-state index is 11.0. The average molecular weight is 959 g/mol. The van der Waals surface area contributed by atoms with E-state index in [0.29, 0.717) is 39.5 Å². The van der Waals surface area contributed by atoms with Crippen molar-refractivity contribution < 1.29 is 0 Å². The molecule has 0 saturated heterocycles. The van der Waals surface area contributed by atoms with Gasteiger partial charge >= 0.3 is 0 Å². The third-order valence-corrected chi connectivity index (χ3v) is 13.4. The number of anilines is 6. The molecular formula is C67H42N8. The van der Waals surface area contributed by atoms with Crippen molar-refractivity contribution in [2.24, 2.45) is 0 Å². The van der Waals surface area contributed by atoms with Gasteiger partial charge in [-0.15, -0.1) is 0 Å². The first-order valence-corrected chi connectivity index (χ1v) is 24.5. The van der Waals surface area contributed by atoms with Crippen molar-refractivity contribution in [1.29, 1.82) is 15.8 Å². The van der Waals surface area contributed by atoms with Crippen LogP contribution in [0.15, 0.2) is 255 Å². The van der Waals surface area contributed by atoms with Gasteiger partial charge in [0.1, 0.15) is 6.07 Å². The van der Waals surface area contributed by atoms with Crippen molar-refractivity contribution in [2.45, 2.75) is 0 Å². The van der Waals surface area contributed by atoms with Gasteiger partial charge in [-0.3, -0.25) is 0 Å². The van der Waals surface area contributed by atoms with E-state index in [0.717, 1.165) is 83.9 Å². The molecule has 12 aromatic rings. The van der Waals surface area contributed by atoms with E-state index in [-0.39, 0.29) is 0 Å². The summed E-state index contributed by atoms with van der Waals surface area (Å²) in [7, 11) is 0. The van der Waals surface area contributed by atoms with Crippen LogP contribution in [0.2, 0.25) is 0 Å². The normalized spacial score (nSPS) is 10.9. The highest BCUT2D eigenvalue weighted by Gasteiger charge is 2.22. The summed E-state index contributed by atoms with van der Waals surface area (Å²) >= 11 is 0. The predicted octanol–water partition coefficient (Wildman–Crippen LogP) is 16.8. The van der Waals surface area contributed by atoms with E-state index in [9.17, 15) is 15.8 Å². The Bertz CT molecular complexity index is 3910. The van der Waals surface area contributed by atoms with Crippen LogP contribution in [0, 0.1) is 34.0 Å². The Kier molecular flexibility index (Phi) is 11.9. The van der Waals surface area contributed by atoms with Crippen molar-refractivity contribution in [2.75, 3.05) is 9.80 Å². The molecule has 0 aliphatic heterocycles. The van der Waals surface area contributed by atoms with Gasteiger partial charge in [-0.2, -0.15) is 15.8 Å². The number of hydrogen-bond acceptors (Lipinski definition) is 7. The minimum absolute atomic E-state index is 0.465. The molecule has 75 heavy (non-hydrogen) atoms. The molecule has 2 heterocycles. The molecule has 350 valence electrons. The summed E-state index contributed by atoms with van der Waals surface area (Å²) in [6.07, 6.45) is 0. The zero-order valence-electron chi connectivity index (χ0n) is 40.3. The highest BCUT2D eigenvalue weighted by Crippen LogP contribution is 2.43. The molecular weight excluding hydrogens is 917 g/mol. The summed E-state index contributed by atoms with van der Waals surface area (Å²) in [6, 6.07) is 92.6. The molecule has 2 aromatic heterocycles. The van der Waals surface area contributed by atoms with Crippen LogP contribution < -0.4 is 9.80 Å². The molecule has 0 amide bonds.